The van der Waals surface area contributed by atoms with Gasteiger partial charge in [-0.15, -0.1) is 0 Å². The van der Waals surface area contributed by atoms with E-state index in [9.17, 15) is 2.81 Å². The van der Waals surface area contributed by atoms with Gasteiger partial charge in [0.1, 0.15) is 0 Å². The Labute approximate surface area is 72.4 Å². The summed E-state index contributed by atoms with van der Waals surface area (Å²) in [5.41, 5.74) is 0. The fourth-order valence-electron chi connectivity index (χ4n) is 0.363. The average molecular weight is 268 g/mol. The van der Waals surface area contributed by atoms with E-state index in [1.807, 2.05) is 0 Å². The van der Waals surface area contributed by atoms with Gasteiger partial charge >= 0.3 is 72.4 Å². The molecule has 0 aromatic carbocycles. The zero-order valence-electron chi connectivity index (χ0n) is 6.33. The number of rotatable bonds is 5. The van der Waals surface area contributed by atoms with Gasteiger partial charge in [-0.1, -0.05) is 0 Å². The molecule has 0 aliphatic rings. The summed E-state index contributed by atoms with van der Waals surface area (Å²) in [7, 11) is 3.27. The Balaban J connectivity index is 4.60. The van der Waals surface area contributed by atoms with Crippen molar-refractivity contribution >= 4 is 11.9 Å². The second-order valence-electron chi connectivity index (χ2n) is 1.57. The van der Waals surface area contributed by atoms with Crippen LogP contribution in [0.1, 0.15) is 0 Å². The Morgan fingerprint density at radius 3 is 1.73 bits per heavy atom. The first-order valence-corrected chi connectivity index (χ1v) is 7.89. The minimum absolute atomic E-state index is 1.07. The van der Waals surface area contributed by atoms with Crippen LogP contribution in [0.4, 0.5) is 0 Å². The summed E-state index contributed by atoms with van der Waals surface area (Å²) in [6.45, 7) is 0. The van der Waals surface area contributed by atoms with Crippen LogP contribution in [0.5, 0.6) is 0 Å². The summed E-state index contributed by atoms with van der Waals surface area (Å²) >= 11 is -0.891. The maximum absolute atomic E-state index is 11.4. The predicted molar refractivity (Wildman–Crippen MR) is 29.7 cm³/mol. The molecule has 0 aromatic heterocycles. The number of hydrogen-bond acceptors (Lipinski definition) is 6. The predicted octanol–water partition coefficient (Wildman–Crippen LogP) is 0.723. The summed E-state index contributed by atoms with van der Waals surface area (Å²) in [4.78, 5) is 4.10. The maximum atomic E-state index is 11.4. The molecule has 0 N–H and O–H groups in total. The Morgan fingerprint density at radius 2 is 1.64 bits per heavy atom. The van der Waals surface area contributed by atoms with Crippen LogP contribution in [-0.4, -0.2) is 21.3 Å². The van der Waals surface area contributed by atoms with Crippen LogP contribution in [0.15, 0.2) is 0 Å². The molecular weight excluding hydrogens is 259 g/mol. The van der Waals surface area contributed by atoms with Crippen molar-refractivity contribution < 1.29 is 39.2 Å². The van der Waals surface area contributed by atoms with Crippen molar-refractivity contribution in [2.24, 2.45) is 0 Å². The van der Waals surface area contributed by atoms with Gasteiger partial charge in [0.2, 0.25) is 0 Å². The van der Waals surface area contributed by atoms with Crippen LogP contribution in [0.25, 0.3) is 0 Å². The second-order valence-corrected chi connectivity index (χ2v) is 9.37. The van der Waals surface area contributed by atoms with Crippen LogP contribution in [0.2, 0.25) is 0 Å². The van der Waals surface area contributed by atoms with Crippen LogP contribution < -0.4 is 0 Å². The molecule has 0 saturated heterocycles. The molecule has 11 heavy (non-hydrogen) atoms. The molecular formula is C3H9ClO6Zr. The molecule has 8 heteroatoms. The van der Waals surface area contributed by atoms with E-state index in [4.69, 9.17) is 11.9 Å². The fraction of sp³-hybridized carbons (Fsp3) is 1.00. The van der Waals surface area contributed by atoms with Crippen molar-refractivity contribution in [3.63, 3.8) is 0 Å². The van der Waals surface area contributed by atoms with Crippen LogP contribution in [0.3, 0.4) is 0 Å². The summed E-state index contributed by atoms with van der Waals surface area (Å²) in [6, 6.07) is 0. The van der Waals surface area contributed by atoms with E-state index in [1.54, 1.807) is 0 Å². The third kappa shape index (κ3) is 2.62. The molecule has 68 valence electrons. The third-order valence-corrected chi connectivity index (χ3v) is 7.48. The monoisotopic (exact) mass is 266 g/mol. The van der Waals surface area contributed by atoms with E-state index in [0.29, 0.717) is 0 Å². The van der Waals surface area contributed by atoms with Gasteiger partial charge in [0.05, 0.1) is 0 Å². The van der Waals surface area contributed by atoms with Crippen molar-refractivity contribution in [3.05, 3.63) is 0 Å². The van der Waals surface area contributed by atoms with Crippen molar-refractivity contribution in [3.8, 4) is 0 Å². The van der Waals surface area contributed by atoms with Crippen LogP contribution in [0, 0.1) is 0 Å². The van der Waals surface area contributed by atoms with Gasteiger partial charge in [-0.3, -0.25) is 0 Å². The van der Waals surface area contributed by atoms with Gasteiger partial charge in [-0.2, -0.15) is 0 Å². The van der Waals surface area contributed by atoms with Crippen molar-refractivity contribution in [1.29, 1.82) is 0 Å². The first-order valence-electron chi connectivity index (χ1n) is 2.57. The van der Waals surface area contributed by atoms with E-state index < -0.39 is 20.5 Å². The summed E-state index contributed by atoms with van der Waals surface area (Å²) < 4.78 is 28.5. The molecule has 0 spiro atoms. The van der Waals surface area contributed by atoms with E-state index >= 15 is 0 Å². The molecule has 0 radical (unpaired) electrons. The van der Waals surface area contributed by atoms with E-state index in [-0.39, 0.29) is 0 Å². The molecule has 0 rings (SSSR count). The van der Waals surface area contributed by atoms with Gasteiger partial charge in [-0.25, -0.2) is 0 Å². The normalized spacial score (nSPS) is 13.5. The van der Waals surface area contributed by atoms with Crippen LogP contribution >= 0.6 is 11.9 Å². The molecule has 0 saturated carbocycles. The Bertz CT molecular complexity index is 159. The topological polar surface area (TPSA) is 63.2 Å². The molecule has 0 aliphatic carbocycles. The van der Waals surface area contributed by atoms with Gasteiger partial charge in [-0.05, 0) is 0 Å². The fourth-order valence-corrected chi connectivity index (χ4v) is 3.05. The van der Waals surface area contributed by atoms with Gasteiger partial charge in [0.15, 0.2) is 0 Å². The third-order valence-electron chi connectivity index (χ3n) is 1.01. The Morgan fingerprint density at radius 1 is 1.18 bits per heavy atom. The SMILES string of the molecule is CO[O][Zr](=[O])([O]C)([O]C)[O]Cl. The number of halogens is 1. The first-order chi connectivity index (χ1) is 5.04. The average Bonchev–Trinajstić information content (AvgIpc) is 2.06. The molecule has 0 heterocycles. The molecule has 0 unspecified atom stereocenters. The summed E-state index contributed by atoms with van der Waals surface area (Å²) in [5, 5.41) is 0. The Hall–Kier alpha value is 0.773. The van der Waals surface area contributed by atoms with E-state index in [0.717, 1.165) is 21.3 Å². The summed E-state index contributed by atoms with van der Waals surface area (Å²) in [6.07, 6.45) is 0. The zero-order chi connectivity index (χ0) is 8.98. The van der Waals surface area contributed by atoms with Gasteiger partial charge < -0.3 is 0 Å². The molecule has 0 atom stereocenters. The van der Waals surface area contributed by atoms with Crippen LogP contribution in [-0.2, 0) is 39.2 Å². The van der Waals surface area contributed by atoms with Gasteiger partial charge in [0, 0.05) is 0 Å². The van der Waals surface area contributed by atoms with Crippen molar-refractivity contribution in [1.82, 2.24) is 0 Å². The quantitative estimate of drug-likeness (QED) is 0.540. The molecule has 0 aliphatic heterocycles. The number of hydrogen-bond donors (Lipinski definition) is 0. The van der Waals surface area contributed by atoms with Crippen molar-refractivity contribution in [2.45, 2.75) is 0 Å². The molecule has 6 nitrogen and oxygen atoms in total. The zero-order valence-corrected chi connectivity index (χ0v) is 9.54. The Kier molecular flexibility index (Phi) is 4.43. The molecule has 0 aromatic rings. The standard InChI is InChI=1S/CH4O2.2CH3O.ClO.O.Zr/c1-3-2;3*1-2;;/h2H,1H3;2*1H3;;;/q;3*-1;;+4/p-1. The van der Waals surface area contributed by atoms with Crippen molar-refractivity contribution in [2.75, 3.05) is 21.3 Å². The minimum atomic E-state index is -5.76. The van der Waals surface area contributed by atoms with E-state index in [2.05, 4.69) is 15.8 Å². The summed E-state index contributed by atoms with van der Waals surface area (Å²) in [5.74, 6) is 0. The van der Waals surface area contributed by atoms with Gasteiger partial charge in [0.25, 0.3) is 0 Å². The molecule has 0 fully saturated rings. The first kappa shape index (κ1) is 11.8. The second kappa shape index (κ2) is 4.14. The molecule has 0 bridgehead atoms. The van der Waals surface area contributed by atoms with E-state index in [1.165, 1.54) is 0 Å². The molecule has 0 amide bonds.